The number of rotatable bonds is 10. The number of benzene rings is 3. The molecule has 0 saturated carbocycles. The van der Waals surface area contributed by atoms with E-state index in [0.717, 1.165) is 61.0 Å². The summed E-state index contributed by atoms with van der Waals surface area (Å²) in [6.45, 7) is 3.44. The minimum Gasteiger partial charge on any atom is -0.451 e. The third-order valence-corrected chi connectivity index (χ3v) is 8.45. The predicted octanol–water partition coefficient (Wildman–Crippen LogP) is 5.22. The highest BCUT2D eigenvalue weighted by Crippen LogP contribution is 2.45. The van der Waals surface area contributed by atoms with Gasteiger partial charge in [0, 0.05) is 25.3 Å². The Kier molecular flexibility index (Phi) is 7.69. The van der Waals surface area contributed by atoms with Gasteiger partial charge in [0.25, 0.3) is 5.91 Å². The number of likely N-dealkylation sites (tertiary alicyclic amines) is 1. The number of nitrogens with zero attached hydrogens (tertiary/aromatic N) is 3. The van der Waals surface area contributed by atoms with Crippen molar-refractivity contribution in [3.05, 3.63) is 70.5 Å². The summed E-state index contributed by atoms with van der Waals surface area (Å²) in [5.41, 5.74) is 2.20. The van der Waals surface area contributed by atoms with E-state index in [1.54, 1.807) is 6.20 Å². The molecular weight excluding hydrogens is 514 g/mol. The van der Waals surface area contributed by atoms with Crippen molar-refractivity contribution in [1.82, 2.24) is 19.7 Å². The minimum atomic E-state index is -0.344. The van der Waals surface area contributed by atoms with Crippen molar-refractivity contribution in [2.75, 3.05) is 52.6 Å². The standard InChI is InChI=1S/C33H39N5O3/c1-36(2)17-7-6-15-35-33(40)26-21-38-28-19-22-9-4-5-10-23(22)20-29(28)41-32-27(13-12-25(30(32)38)31(26)39)34-16-14-24-11-8-18-37(24)3/h4-5,9-10,12-13,19-21,24,34H,6-8,11,14-18H2,1-3H3,(H,35,40). The lowest BCUT2D eigenvalue weighted by Gasteiger charge is -2.27. The van der Waals surface area contributed by atoms with Crippen LogP contribution in [0.5, 0.6) is 11.5 Å². The molecule has 1 saturated heterocycles. The summed E-state index contributed by atoms with van der Waals surface area (Å²) < 4.78 is 8.53. The van der Waals surface area contributed by atoms with Gasteiger partial charge in [-0.1, -0.05) is 24.3 Å². The van der Waals surface area contributed by atoms with E-state index in [4.69, 9.17) is 4.74 Å². The largest absolute Gasteiger partial charge is 0.451 e. The molecule has 0 spiro atoms. The van der Waals surface area contributed by atoms with Crippen LogP contribution in [0.15, 0.2) is 59.5 Å². The molecule has 1 atom stereocenters. The van der Waals surface area contributed by atoms with Gasteiger partial charge in [-0.2, -0.15) is 0 Å². The van der Waals surface area contributed by atoms with Crippen LogP contribution in [0.25, 0.3) is 27.4 Å². The van der Waals surface area contributed by atoms with Crippen LogP contribution in [0.3, 0.4) is 0 Å². The molecule has 1 fully saturated rings. The molecule has 214 valence electrons. The Bertz CT molecular complexity index is 1660. The highest BCUT2D eigenvalue weighted by molar-refractivity contribution is 6.01. The molecule has 1 unspecified atom stereocenters. The van der Waals surface area contributed by atoms with Gasteiger partial charge in [0.05, 0.1) is 16.8 Å². The SMILES string of the molecule is CN(C)CCCCNC(=O)c1cn2c3c(c(NCCC4CCCN4C)ccc3c1=O)Oc1cc3ccccc3cc1-2. The molecule has 4 aromatic rings. The molecule has 2 aliphatic heterocycles. The summed E-state index contributed by atoms with van der Waals surface area (Å²) in [5.74, 6) is 0.975. The molecule has 1 aromatic heterocycles. The Balaban J connectivity index is 1.38. The van der Waals surface area contributed by atoms with Crippen LogP contribution < -0.4 is 20.8 Å². The average molecular weight is 554 g/mol. The van der Waals surface area contributed by atoms with Gasteiger partial charge in [0.2, 0.25) is 5.43 Å². The number of unbranched alkanes of at least 4 members (excludes halogenated alkanes) is 1. The van der Waals surface area contributed by atoms with Crippen LogP contribution in [-0.4, -0.2) is 73.6 Å². The zero-order valence-corrected chi connectivity index (χ0v) is 24.2. The van der Waals surface area contributed by atoms with Crippen molar-refractivity contribution < 1.29 is 9.53 Å². The van der Waals surface area contributed by atoms with E-state index in [1.165, 1.54) is 12.8 Å². The Hall–Kier alpha value is -3.88. The minimum absolute atomic E-state index is 0.141. The summed E-state index contributed by atoms with van der Waals surface area (Å²) in [7, 11) is 6.26. The molecule has 2 aliphatic rings. The van der Waals surface area contributed by atoms with E-state index in [1.807, 2.05) is 49.0 Å². The Morgan fingerprint density at radius 1 is 1.07 bits per heavy atom. The highest BCUT2D eigenvalue weighted by Gasteiger charge is 2.27. The molecular formula is C33H39N5O3. The third-order valence-electron chi connectivity index (χ3n) is 8.45. The fourth-order valence-electron chi connectivity index (χ4n) is 6.14. The number of anilines is 1. The third kappa shape index (κ3) is 5.42. The summed E-state index contributed by atoms with van der Waals surface area (Å²) >= 11 is 0. The second kappa shape index (κ2) is 11.5. The van der Waals surface area contributed by atoms with Gasteiger partial charge in [-0.05, 0) is 101 Å². The number of pyridine rings is 1. The van der Waals surface area contributed by atoms with Crippen LogP contribution >= 0.6 is 0 Å². The topological polar surface area (TPSA) is 78.8 Å². The van der Waals surface area contributed by atoms with E-state index in [-0.39, 0.29) is 16.9 Å². The zero-order chi connectivity index (χ0) is 28.5. The van der Waals surface area contributed by atoms with Gasteiger partial charge < -0.3 is 29.7 Å². The maximum absolute atomic E-state index is 13.7. The summed E-state index contributed by atoms with van der Waals surface area (Å²) in [4.78, 5) is 31.5. The van der Waals surface area contributed by atoms with Crippen LogP contribution in [-0.2, 0) is 0 Å². The fourth-order valence-corrected chi connectivity index (χ4v) is 6.14. The number of fused-ring (bicyclic) bond motifs is 3. The van der Waals surface area contributed by atoms with Crippen molar-refractivity contribution in [2.24, 2.45) is 0 Å². The smallest absolute Gasteiger partial charge is 0.256 e. The number of hydrogen-bond donors (Lipinski definition) is 2. The summed E-state index contributed by atoms with van der Waals surface area (Å²) in [5, 5.41) is 9.16. The molecule has 6 rings (SSSR count). The molecule has 3 heterocycles. The maximum atomic E-state index is 13.7. The molecule has 8 nitrogen and oxygen atoms in total. The first-order chi connectivity index (χ1) is 19.9. The molecule has 0 radical (unpaired) electrons. The van der Waals surface area contributed by atoms with Gasteiger partial charge in [0.15, 0.2) is 11.5 Å². The van der Waals surface area contributed by atoms with E-state index >= 15 is 0 Å². The number of carbonyl (C=O) groups excluding carboxylic acids is 1. The van der Waals surface area contributed by atoms with E-state index in [0.29, 0.717) is 35.0 Å². The Labute approximate surface area is 240 Å². The second-order valence-corrected chi connectivity index (χ2v) is 11.6. The van der Waals surface area contributed by atoms with Crippen molar-refractivity contribution in [1.29, 1.82) is 0 Å². The van der Waals surface area contributed by atoms with E-state index in [9.17, 15) is 9.59 Å². The van der Waals surface area contributed by atoms with Crippen LogP contribution in [0.1, 0.15) is 42.5 Å². The van der Waals surface area contributed by atoms with Gasteiger partial charge in [-0.15, -0.1) is 0 Å². The van der Waals surface area contributed by atoms with Crippen molar-refractivity contribution in [3.8, 4) is 17.2 Å². The van der Waals surface area contributed by atoms with Crippen LogP contribution in [0.2, 0.25) is 0 Å². The number of carbonyl (C=O) groups is 1. The molecule has 0 aliphatic carbocycles. The number of nitrogens with one attached hydrogen (secondary N) is 2. The van der Waals surface area contributed by atoms with Crippen LogP contribution in [0, 0.1) is 0 Å². The van der Waals surface area contributed by atoms with Crippen molar-refractivity contribution in [3.63, 3.8) is 0 Å². The Morgan fingerprint density at radius 2 is 1.88 bits per heavy atom. The lowest BCUT2D eigenvalue weighted by atomic mass is 10.0. The fraction of sp³-hybridized carbons (Fsp3) is 0.394. The van der Waals surface area contributed by atoms with Gasteiger partial charge in [-0.25, -0.2) is 0 Å². The van der Waals surface area contributed by atoms with E-state index < -0.39 is 0 Å². The number of hydrogen-bond acceptors (Lipinski definition) is 6. The Morgan fingerprint density at radius 3 is 2.63 bits per heavy atom. The van der Waals surface area contributed by atoms with E-state index in [2.05, 4.69) is 45.7 Å². The summed E-state index contributed by atoms with van der Waals surface area (Å²) in [6, 6.07) is 16.6. The van der Waals surface area contributed by atoms with Gasteiger partial charge in [-0.3, -0.25) is 9.59 Å². The maximum Gasteiger partial charge on any atom is 0.256 e. The molecule has 2 N–H and O–H groups in total. The first kappa shape index (κ1) is 27.3. The lowest BCUT2D eigenvalue weighted by Crippen LogP contribution is -2.31. The lowest BCUT2D eigenvalue weighted by molar-refractivity contribution is 0.0951. The highest BCUT2D eigenvalue weighted by atomic mass is 16.5. The second-order valence-electron chi connectivity index (χ2n) is 11.6. The molecule has 0 bridgehead atoms. The molecule has 8 heteroatoms. The monoisotopic (exact) mass is 553 g/mol. The predicted molar refractivity (Wildman–Crippen MR) is 166 cm³/mol. The number of aromatic nitrogens is 1. The first-order valence-electron chi connectivity index (χ1n) is 14.7. The quantitative estimate of drug-likeness (QED) is 0.231. The van der Waals surface area contributed by atoms with Crippen molar-refractivity contribution >= 4 is 33.3 Å². The zero-order valence-electron chi connectivity index (χ0n) is 24.2. The average Bonchev–Trinajstić information content (AvgIpc) is 3.37. The van der Waals surface area contributed by atoms with Gasteiger partial charge >= 0.3 is 0 Å². The van der Waals surface area contributed by atoms with Gasteiger partial charge in [0.1, 0.15) is 11.1 Å². The normalized spacial score (nSPS) is 16.2. The molecule has 41 heavy (non-hydrogen) atoms. The number of ether oxygens (including phenoxy) is 1. The number of amides is 1. The first-order valence-corrected chi connectivity index (χ1v) is 14.7. The van der Waals surface area contributed by atoms with Crippen molar-refractivity contribution in [2.45, 2.75) is 38.1 Å². The summed E-state index contributed by atoms with van der Waals surface area (Å²) in [6.07, 6.45) is 7.02. The van der Waals surface area contributed by atoms with Crippen LogP contribution in [0.4, 0.5) is 5.69 Å². The molecule has 1 amide bonds. The molecule has 3 aromatic carbocycles.